The van der Waals surface area contributed by atoms with Crippen LogP contribution >= 0.6 is 11.6 Å². The number of carbonyl (C=O) groups is 1. The highest BCUT2D eigenvalue weighted by molar-refractivity contribution is 7.92. The van der Waals surface area contributed by atoms with E-state index in [2.05, 4.69) is 41.4 Å². The van der Waals surface area contributed by atoms with Gasteiger partial charge in [0.05, 0.1) is 11.9 Å². The Hall–Kier alpha value is -2.25. The van der Waals surface area contributed by atoms with Gasteiger partial charge < -0.3 is 10.2 Å². The number of para-hydroxylation sites is 1. The largest absolute Gasteiger partial charge is 0.368 e. The second-order valence-electron chi connectivity index (χ2n) is 8.40. The minimum absolute atomic E-state index is 0.0591. The Morgan fingerprint density at radius 1 is 1.19 bits per heavy atom. The summed E-state index contributed by atoms with van der Waals surface area (Å²) in [5.74, 6) is -0.0591. The van der Waals surface area contributed by atoms with Crippen LogP contribution in [0.4, 0.5) is 11.4 Å². The summed E-state index contributed by atoms with van der Waals surface area (Å²) in [4.78, 5) is 14.7. The van der Waals surface area contributed by atoms with Gasteiger partial charge in [-0.25, -0.2) is 8.42 Å². The lowest BCUT2D eigenvalue weighted by atomic mass is 10.1. The summed E-state index contributed by atoms with van der Waals surface area (Å²) < 4.78 is 25.9. The molecular weight excluding hydrogens is 446 g/mol. The van der Waals surface area contributed by atoms with Gasteiger partial charge in [0.1, 0.15) is 0 Å². The average Bonchev–Trinajstić information content (AvgIpc) is 3.05. The van der Waals surface area contributed by atoms with Crippen LogP contribution in [0.2, 0.25) is 5.02 Å². The first-order valence-electron chi connectivity index (χ1n) is 11.0. The third-order valence-corrected chi connectivity index (χ3v) is 7.51. The van der Waals surface area contributed by atoms with Crippen molar-refractivity contribution < 1.29 is 13.2 Å². The van der Waals surface area contributed by atoms with Crippen molar-refractivity contribution in [3.8, 4) is 0 Å². The van der Waals surface area contributed by atoms with E-state index in [9.17, 15) is 13.2 Å². The van der Waals surface area contributed by atoms with Crippen LogP contribution in [0.3, 0.4) is 0 Å². The quantitative estimate of drug-likeness (QED) is 0.522. The highest BCUT2D eigenvalue weighted by Crippen LogP contribution is 2.31. The molecule has 1 N–H and O–H groups in total. The van der Waals surface area contributed by atoms with E-state index < -0.39 is 10.0 Å². The Bertz CT molecular complexity index is 1060. The van der Waals surface area contributed by atoms with Crippen LogP contribution in [0.5, 0.6) is 0 Å². The zero-order valence-corrected chi connectivity index (χ0v) is 20.5. The second kappa shape index (κ2) is 10.6. The maximum Gasteiger partial charge on any atom is 0.232 e. The zero-order valence-electron chi connectivity index (χ0n) is 19.0. The van der Waals surface area contributed by atoms with Gasteiger partial charge >= 0.3 is 0 Å². The Morgan fingerprint density at radius 2 is 1.94 bits per heavy atom. The predicted octanol–water partition coefficient (Wildman–Crippen LogP) is 4.15. The third kappa shape index (κ3) is 5.95. The van der Waals surface area contributed by atoms with E-state index in [0.717, 1.165) is 19.4 Å². The van der Waals surface area contributed by atoms with Gasteiger partial charge in [-0.15, -0.1) is 0 Å². The summed E-state index contributed by atoms with van der Waals surface area (Å²) in [6.45, 7) is 5.76. The number of amides is 1. The SMILES string of the molecule is Cc1c(Cl)cccc1N(CCCC(=O)NCCCN1c2ccccc2CC1C)S(C)(=O)=O. The molecule has 0 radical (unpaired) electrons. The maximum atomic E-state index is 12.3. The van der Waals surface area contributed by atoms with Crippen LogP contribution in [0.1, 0.15) is 37.3 Å². The monoisotopic (exact) mass is 477 g/mol. The van der Waals surface area contributed by atoms with Gasteiger partial charge in [0, 0.05) is 42.8 Å². The lowest BCUT2D eigenvalue weighted by Gasteiger charge is -2.25. The molecule has 0 fully saturated rings. The fraction of sp³-hybridized carbons (Fsp3) is 0.458. The molecule has 3 rings (SSSR count). The average molecular weight is 478 g/mol. The summed E-state index contributed by atoms with van der Waals surface area (Å²) in [5.41, 5.74) is 3.94. The number of nitrogens with one attached hydrogen (secondary N) is 1. The molecule has 0 spiro atoms. The molecule has 0 aromatic heterocycles. The van der Waals surface area contributed by atoms with Crippen LogP contribution in [0, 0.1) is 6.92 Å². The Morgan fingerprint density at radius 3 is 2.69 bits per heavy atom. The van der Waals surface area contributed by atoms with Gasteiger partial charge in [-0.2, -0.15) is 0 Å². The van der Waals surface area contributed by atoms with Crippen molar-refractivity contribution in [3.05, 3.63) is 58.6 Å². The number of fused-ring (bicyclic) bond motifs is 1. The first-order chi connectivity index (χ1) is 15.2. The van der Waals surface area contributed by atoms with Gasteiger partial charge in [-0.1, -0.05) is 35.9 Å². The molecule has 0 bridgehead atoms. The number of halogens is 1. The lowest BCUT2D eigenvalue weighted by Crippen LogP contribution is -2.34. The maximum absolute atomic E-state index is 12.3. The Labute approximate surface area is 196 Å². The van der Waals surface area contributed by atoms with E-state index in [1.807, 2.05) is 0 Å². The number of hydrogen-bond acceptors (Lipinski definition) is 4. The molecule has 1 aliphatic heterocycles. The van der Waals surface area contributed by atoms with Crippen molar-refractivity contribution in [2.45, 2.75) is 45.6 Å². The fourth-order valence-corrected chi connectivity index (χ4v) is 5.44. The highest BCUT2D eigenvalue weighted by atomic mass is 35.5. The first-order valence-corrected chi connectivity index (χ1v) is 13.2. The minimum Gasteiger partial charge on any atom is -0.368 e. The molecule has 0 saturated carbocycles. The van der Waals surface area contributed by atoms with Crippen LogP contribution in [-0.4, -0.2) is 46.3 Å². The summed E-state index contributed by atoms with van der Waals surface area (Å²) in [7, 11) is -3.48. The number of benzene rings is 2. The van der Waals surface area contributed by atoms with Gasteiger partial charge in [-0.05, 0) is 62.4 Å². The van der Waals surface area contributed by atoms with E-state index in [1.165, 1.54) is 21.8 Å². The first kappa shape index (κ1) is 24.4. The van der Waals surface area contributed by atoms with Gasteiger partial charge in [0.15, 0.2) is 0 Å². The molecule has 8 heteroatoms. The number of carbonyl (C=O) groups excluding carboxylic acids is 1. The van der Waals surface area contributed by atoms with Crippen molar-refractivity contribution in [3.63, 3.8) is 0 Å². The molecule has 1 aliphatic rings. The second-order valence-corrected chi connectivity index (χ2v) is 10.7. The molecule has 1 unspecified atom stereocenters. The molecule has 1 amide bonds. The molecule has 32 heavy (non-hydrogen) atoms. The smallest absolute Gasteiger partial charge is 0.232 e. The van der Waals surface area contributed by atoms with Crippen molar-refractivity contribution in [2.75, 3.05) is 35.1 Å². The topological polar surface area (TPSA) is 69.7 Å². The van der Waals surface area contributed by atoms with Crippen molar-refractivity contribution in [1.29, 1.82) is 0 Å². The van der Waals surface area contributed by atoms with Crippen molar-refractivity contribution in [1.82, 2.24) is 5.32 Å². The number of anilines is 2. The Balaban J connectivity index is 1.44. The number of sulfonamides is 1. The van der Waals surface area contributed by atoms with Crippen LogP contribution in [0.15, 0.2) is 42.5 Å². The summed E-state index contributed by atoms with van der Waals surface area (Å²) in [5, 5.41) is 3.48. The highest BCUT2D eigenvalue weighted by Gasteiger charge is 2.24. The van der Waals surface area contributed by atoms with E-state index in [0.29, 0.717) is 35.3 Å². The Kier molecular flexibility index (Phi) is 8.06. The van der Waals surface area contributed by atoms with E-state index in [4.69, 9.17) is 11.6 Å². The standard InChI is InChI=1S/C24H32ClN3O3S/c1-18-17-20-9-4-5-11-23(20)27(18)15-8-14-26-24(29)13-7-16-28(32(3,30)31)22-12-6-10-21(25)19(22)2/h4-6,9-12,18H,7-8,13-17H2,1-3H3,(H,26,29). The predicted molar refractivity (Wildman–Crippen MR) is 132 cm³/mol. The van der Waals surface area contributed by atoms with Gasteiger partial charge in [0.25, 0.3) is 0 Å². The zero-order chi connectivity index (χ0) is 23.3. The molecular formula is C24H32ClN3O3S. The minimum atomic E-state index is -3.48. The number of nitrogens with zero attached hydrogens (tertiary/aromatic N) is 2. The van der Waals surface area contributed by atoms with Gasteiger partial charge in [0.2, 0.25) is 15.9 Å². The van der Waals surface area contributed by atoms with E-state index in [1.54, 1.807) is 25.1 Å². The molecule has 2 aromatic carbocycles. The van der Waals surface area contributed by atoms with Crippen LogP contribution in [0.25, 0.3) is 0 Å². The molecule has 2 aromatic rings. The lowest BCUT2D eigenvalue weighted by molar-refractivity contribution is -0.121. The molecule has 1 atom stereocenters. The molecule has 1 heterocycles. The molecule has 174 valence electrons. The normalized spacial score (nSPS) is 15.5. The fourth-order valence-electron chi connectivity index (χ4n) is 4.25. The van der Waals surface area contributed by atoms with E-state index in [-0.39, 0.29) is 18.9 Å². The molecule has 6 nitrogen and oxygen atoms in total. The van der Waals surface area contributed by atoms with Crippen molar-refractivity contribution in [2.24, 2.45) is 0 Å². The number of hydrogen-bond donors (Lipinski definition) is 1. The van der Waals surface area contributed by atoms with Crippen molar-refractivity contribution >= 4 is 38.9 Å². The summed E-state index contributed by atoms with van der Waals surface area (Å²) >= 11 is 6.16. The summed E-state index contributed by atoms with van der Waals surface area (Å²) in [6.07, 6.45) is 3.80. The van der Waals surface area contributed by atoms with Crippen LogP contribution in [-0.2, 0) is 21.2 Å². The molecule has 0 saturated heterocycles. The van der Waals surface area contributed by atoms with Crippen LogP contribution < -0.4 is 14.5 Å². The number of rotatable bonds is 10. The van der Waals surface area contributed by atoms with Gasteiger partial charge in [-0.3, -0.25) is 9.10 Å². The third-order valence-electron chi connectivity index (χ3n) is 5.92. The summed E-state index contributed by atoms with van der Waals surface area (Å²) in [6, 6.07) is 14.2. The van der Waals surface area contributed by atoms with E-state index >= 15 is 0 Å². The molecule has 0 aliphatic carbocycles.